The number of alkyl halides is 2. The van der Waals surface area contributed by atoms with Gasteiger partial charge in [-0.15, -0.1) is 0 Å². The number of nitrogen functional groups attached to an aromatic ring is 1. The predicted molar refractivity (Wildman–Crippen MR) is 51.0 cm³/mol. The normalized spacial score (nSPS) is 16.2. The van der Waals surface area contributed by atoms with Crippen molar-refractivity contribution in [1.29, 1.82) is 0 Å². The van der Waals surface area contributed by atoms with Crippen LogP contribution in [0.3, 0.4) is 0 Å². The van der Waals surface area contributed by atoms with E-state index in [1.165, 1.54) is 0 Å². The molecule has 0 saturated carbocycles. The van der Waals surface area contributed by atoms with Crippen molar-refractivity contribution in [1.82, 2.24) is 4.90 Å². The van der Waals surface area contributed by atoms with Gasteiger partial charge in [-0.05, 0) is 17.2 Å². The van der Waals surface area contributed by atoms with Crippen molar-refractivity contribution >= 4 is 5.69 Å². The van der Waals surface area contributed by atoms with E-state index >= 15 is 0 Å². The minimum atomic E-state index is -2.27. The highest BCUT2D eigenvalue weighted by Crippen LogP contribution is 2.27. The molecule has 14 heavy (non-hydrogen) atoms. The summed E-state index contributed by atoms with van der Waals surface area (Å²) >= 11 is 0. The Morgan fingerprint density at radius 3 is 2.79 bits per heavy atom. The maximum atomic E-state index is 12.1. The maximum Gasteiger partial charge on any atom is 0.251 e. The summed E-state index contributed by atoms with van der Waals surface area (Å²) in [5, 5.41) is 0. The summed E-state index contributed by atoms with van der Waals surface area (Å²) in [7, 11) is 0. The molecule has 0 radical (unpaired) electrons. The molecule has 1 aliphatic heterocycles. The quantitative estimate of drug-likeness (QED) is 0.735. The lowest BCUT2D eigenvalue weighted by atomic mass is 10.1. The molecular formula is C10H12F2N2. The molecule has 2 nitrogen and oxygen atoms in total. The Morgan fingerprint density at radius 1 is 1.36 bits per heavy atom. The van der Waals surface area contributed by atoms with Gasteiger partial charge < -0.3 is 5.73 Å². The molecule has 0 unspecified atom stereocenters. The number of hydrogen-bond donors (Lipinski definition) is 1. The van der Waals surface area contributed by atoms with E-state index < -0.39 is 6.43 Å². The average molecular weight is 198 g/mol. The van der Waals surface area contributed by atoms with E-state index in [-0.39, 0.29) is 6.54 Å². The van der Waals surface area contributed by atoms with E-state index in [0.29, 0.717) is 18.8 Å². The fourth-order valence-electron chi connectivity index (χ4n) is 1.84. The predicted octanol–water partition coefficient (Wildman–Crippen LogP) is 1.85. The summed E-state index contributed by atoms with van der Waals surface area (Å²) in [6.45, 7) is 0.963. The second kappa shape index (κ2) is 3.53. The first-order valence-corrected chi connectivity index (χ1v) is 4.53. The smallest absolute Gasteiger partial charge is 0.251 e. The zero-order valence-corrected chi connectivity index (χ0v) is 7.71. The van der Waals surface area contributed by atoms with Crippen LogP contribution in [0.25, 0.3) is 0 Å². The third-order valence-corrected chi connectivity index (χ3v) is 2.48. The molecule has 2 rings (SSSR count). The molecule has 76 valence electrons. The second-order valence-corrected chi connectivity index (χ2v) is 3.55. The number of benzene rings is 1. The zero-order chi connectivity index (χ0) is 10.1. The van der Waals surface area contributed by atoms with Gasteiger partial charge in [-0.3, -0.25) is 4.90 Å². The molecule has 4 heteroatoms. The molecule has 1 heterocycles. The first-order valence-electron chi connectivity index (χ1n) is 4.53. The van der Waals surface area contributed by atoms with Crippen molar-refractivity contribution < 1.29 is 8.78 Å². The van der Waals surface area contributed by atoms with Gasteiger partial charge in [-0.25, -0.2) is 8.78 Å². The lowest BCUT2D eigenvalue weighted by molar-refractivity contribution is 0.0873. The standard InChI is InChI=1S/C10H12F2N2/c11-10(12)6-14-4-7-2-1-3-9(13)8(7)5-14/h1-3,10H,4-6,13H2. The first-order chi connectivity index (χ1) is 6.66. The van der Waals surface area contributed by atoms with Crippen molar-refractivity contribution in [2.75, 3.05) is 12.3 Å². The molecule has 0 bridgehead atoms. The number of nitrogens with two attached hydrogens (primary N) is 1. The van der Waals surface area contributed by atoms with E-state index in [9.17, 15) is 8.78 Å². The van der Waals surface area contributed by atoms with Crippen LogP contribution in [0.2, 0.25) is 0 Å². The van der Waals surface area contributed by atoms with Crippen molar-refractivity contribution in [2.45, 2.75) is 19.5 Å². The third kappa shape index (κ3) is 1.70. The summed E-state index contributed by atoms with van der Waals surface area (Å²) in [6.07, 6.45) is -2.27. The van der Waals surface area contributed by atoms with Gasteiger partial charge in [0.15, 0.2) is 0 Å². The van der Waals surface area contributed by atoms with Crippen LogP contribution in [0.4, 0.5) is 14.5 Å². The van der Waals surface area contributed by atoms with Gasteiger partial charge in [0.05, 0.1) is 6.54 Å². The molecule has 0 atom stereocenters. The minimum absolute atomic E-state index is 0.172. The lowest BCUT2D eigenvalue weighted by Crippen LogP contribution is -2.23. The minimum Gasteiger partial charge on any atom is -0.398 e. The highest BCUT2D eigenvalue weighted by molar-refractivity contribution is 5.52. The Kier molecular flexibility index (Phi) is 2.37. The summed E-state index contributed by atoms with van der Waals surface area (Å²) in [6, 6.07) is 5.61. The van der Waals surface area contributed by atoms with Crippen molar-refractivity contribution in [3.63, 3.8) is 0 Å². The largest absolute Gasteiger partial charge is 0.398 e. The van der Waals surface area contributed by atoms with E-state index in [4.69, 9.17) is 5.73 Å². The van der Waals surface area contributed by atoms with Crippen molar-refractivity contribution in [3.05, 3.63) is 29.3 Å². The van der Waals surface area contributed by atoms with Crippen molar-refractivity contribution in [3.8, 4) is 0 Å². The number of halogens is 2. The molecule has 1 aliphatic rings. The van der Waals surface area contributed by atoms with Crippen LogP contribution in [-0.4, -0.2) is 17.9 Å². The van der Waals surface area contributed by atoms with E-state index in [0.717, 1.165) is 11.1 Å². The van der Waals surface area contributed by atoms with Gasteiger partial charge in [0.25, 0.3) is 6.43 Å². The van der Waals surface area contributed by atoms with Crippen LogP contribution < -0.4 is 5.73 Å². The van der Waals surface area contributed by atoms with Crippen LogP contribution in [0, 0.1) is 0 Å². The van der Waals surface area contributed by atoms with Crippen molar-refractivity contribution in [2.24, 2.45) is 0 Å². The number of anilines is 1. The molecule has 0 saturated heterocycles. The SMILES string of the molecule is Nc1cccc2c1CN(CC(F)F)C2. The van der Waals surface area contributed by atoms with Crippen LogP contribution in [0.1, 0.15) is 11.1 Å². The summed E-state index contributed by atoms with van der Waals surface area (Å²) in [5.41, 5.74) is 8.54. The number of nitrogens with zero attached hydrogens (tertiary/aromatic N) is 1. The Morgan fingerprint density at radius 2 is 2.14 bits per heavy atom. The van der Waals surface area contributed by atoms with E-state index in [1.54, 1.807) is 4.90 Å². The van der Waals surface area contributed by atoms with Crippen LogP contribution in [0.5, 0.6) is 0 Å². The molecule has 1 aromatic rings. The van der Waals surface area contributed by atoms with Crippen LogP contribution in [-0.2, 0) is 13.1 Å². The summed E-state index contributed by atoms with van der Waals surface area (Å²) in [4.78, 5) is 1.71. The second-order valence-electron chi connectivity index (χ2n) is 3.55. The molecule has 0 fully saturated rings. The molecular weight excluding hydrogens is 186 g/mol. The Hall–Kier alpha value is -1.16. The maximum absolute atomic E-state index is 12.1. The first kappa shape index (κ1) is 9.40. The molecule has 0 amide bonds. The zero-order valence-electron chi connectivity index (χ0n) is 7.71. The van der Waals surface area contributed by atoms with Gasteiger partial charge >= 0.3 is 0 Å². The highest BCUT2D eigenvalue weighted by atomic mass is 19.3. The third-order valence-electron chi connectivity index (χ3n) is 2.48. The number of rotatable bonds is 2. The monoisotopic (exact) mass is 198 g/mol. The van der Waals surface area contributed by atoms with Gasteiger partial charge in [0, 0.05) is 18.8 Å². The topological polar surface area (TPSA) is 29.3 Å². The van der Waals surface area contributed by atoms with E-state index in [2.05, 4.69) is 0 Å². The van der Waals surface area contributed by atoms with Crippen LogP contribution >= 0.6 is 0 Å². The fraction of sp³-hybridized carbons (Fsp3) is 0.400. The average Bonchev–Trinajstić information content (AvgIpc) is 2.47. The number of fused-ring (bicyclic) bond motifs is 1. The molecule has 2 N–H and O–H groups in total. The fourth-order valence-corrected chi connectivity index (χ4v) is 1.84. The Balaban J connectivity index is 2.14. The molecule has 0 spiro atoms. The summed E-state index contributed by atoms with van der Waals surface area (Å²) in [5.74, 6) is 0. The Bertz CT molecular complexity index is 339. The molecule has 1 aromatic carbocycles. The lowest BCUT2D eigenvalue weighted by Gasteiger charge is -2.13. The number of hydrogen-bond acceptors (Lipinski definition) is 2. The van der Waals surface area contributed by atoms with E-state index in [1.807, 2.05) is 18.2 Å². The van der Waals surface area contributed by atoms with Gasteiger partial charge in [-0.2, -0.15) is 0 Å². The van der Waals surface area contributed by atoms with Crippen LogP contribution in [0.15, 0.2) is 18.2 Å². The molecule has 0 aliphatic carbocycles. The summed E-state index contributed by atoms with van der Waals surface area (Å²) < 4.78 is 24.3. The highest BCUT2D eigenvalue weighted by Gasteiger charge is 2.22. The Labute approximate surface area is 81.3 Å². The van der Waals surface area contributed by atoms with Gasteiger partial charge in [0.1, 0.15) is 0 Å². The van der Waals surface area contributed by atoms with Gasteiger partial charge in [0.2, 0.25) is 0 Å². The van der Waals surface area contributed by atoms with Gasteiger partial charge in [-0.1, -0.05) is 12.1 Å². The molecule has 0 aromatic heterocycles.